The molecule has 2 aromatic heterocycles. The van der Waals surface area contributed by atoms with Crippen LogP contribution in [0.25, 0.3) is 5.82 Å². The Morgan fingerprint density at radius 3 is 2.73 bits per heavy atom. The topological polar surface area (TPSA) is 30.7 Å². The second kappa shape index (κ2) is 4.67. The molecule has 3 nitrogen and oxygen atoms in total. The maximum atomic E-state index is 6.07. The molecule has 0 aliphatic carbocycles. The highest BCUT2D eigenvalue weighted by molar-refractivity contribution is 14.1. The normalized spacial score (nSPS) is 10.6. The van der Waals surface area contributed by atoms with Gasteiger partial charge in [0, 0.05) is 18.3 Å². The van der Waals surface area contributed by atoms with Gasteiger partial charge in [-0.15, -0.1) is 11.6 Å². The maximum Gasteiger partial charge on any atom is 0.172 e. The number of alkyl halides is 1. The van der Waals surface area contributed by atoms with Crippen molar-refractivity contribution in [2.45, 2.75) is 5.88 Å². The minimum atomic E-state index is 0.406. The summed E-state index contributed by atoms with van der Waals surface area (Å²) in [4.78, 5) is 4.21. The van der Waals surface area contributed by atoms with Gasteiger partial charge in [0.25, 0.3) is 0 Å². The van der Waals surface area contributed by atoms with Gasteiger partial charge in [-0.1, -0.05) is 11.6 Å². The number of aromatic nitrogens is 3. The van der Waals surface area contributed by atoms with Crippen molar-refractivity contribution in [1.82, 2.24) is 14.8 Å². The average Bonchev–Trinajstić information content (AvgIpc) is 2.64. The monoisotopic (exact) mass is 353 g/mol. The van der Waals surface area contributed by atoms with E-state index in [9.17, 15) is 0 Å². The Labute approximate surface area is 111 Å². The first-order valence-electron chi connectivity index (χ1n) is 4.11. The summed E-state index contributed by atoms with van der Waals surface area (Å²) in [7, 11) is 0. The molecule has 0 N–H and O–H groups in total. The lowest BCUT2D eigenvalue weighted by Crippen LogP contribution is -1.99. The molecule has 0 saturated heterocycles. The van der Waals surface area contributed by atoms with E-state index < -0.39 is 0 Å². The van der Waals surface area contributed by atoms with Crippen LogP contribution in [0.4, 0.5) is 0 Å². The molecule has 2 aromatic rings. The molecule has 0 unspecified atom stereocenters. The fraction of sp³-hybridized carbons (Fsp3) is 0.111. The molecule has 0 fully saturated rings. The number of pyridine rings is 1. The lowest BCUT2D eigenvalue weighted by molar-refractivity contribution is 0.845. The minimum absolute atomic E-state index is 0.406. The largest absolute Gasteiger partial charge is 0.235 e. The zero-order valence-corrected chi connectivity index (χ0v) is 11.2. The third-order valence-corrected chi connectivity index (χ3v) is 2.94. The predicted molar refractivity (Wildman–Crippen MR) is 68.6 cm³/mol. The zero-order valence-electron chi connectivity index (χ0n) is 7.49. The SMILES string of the molecule is ClCc1cnc(-n2cc(I)cn2)c(Cl)c1. The Morgan fingerprint density at radius 2 is 2.20 bits per heavy atom. The van der Waals surface area contributed by atoms with Gasteiger partial charge in [0.15, 0.2) is 5.82 Å². The van der Waals surface area contributed by atoms with Crippen LogP contribution in [0.15, 0.2) is 24.7 Å². The second-order valence-electron chi connectivity index (χ2n) is 2.89. The lowest BCUT2D eigenvalue weighted by atomic mass is 10.3. The highest BCUT2D eigenvalue weighted by atomic mass is 127. The molecular formula is C9H6Cl2IN3. The third kappa shape index (κ3) is 2.43. The van der Waals surface area contributed by atoms with Crippen LogP contribution in [0.3, 0.4) is 0 Å². The van der Waals surface area contributed by atoms with Crippen molar-refractivity contribution in [2.75, 3.05) is 0 Å². The first-order chi connectivity index (χ1) is 7.20. The molecule has 2 rings (SSSR count). The van der Waals surface area contributed by atoms with Gasteiger partial charge in [0.2, 0.25) is 0 Å². The van der Waals surface area contributed by atoms with Gasteiger partial charge in [-0.05, 0) is 34.2 Å². The van der Waals surface area contributed by atoms with Crippen LogP contribution in [-0.2, 0) is 5.88 Å². The molecule has 0 atom stereocenters. The van der Waals surface area contributed by atoms with E-state index in [-0.39, 0.29) is 0 Å². The number of rotatable bonds is 2. The molecule has 6 heteroatoms. The van der Waals surface area contributed by atoms with E-state index >= 15 is 0 Å². The van der Waals surface area contributed by atoms with Crippen molar-refractivity contribution in [3.63, 3.8) is 0 Å². The maximum absolute atomic E-state index is 6.07. The molecule has 0 aliphatic rings. The summed E-state index contributed by atoms with van der Waals surface area (Å²) in [5.74, 6) is 1.03. The first kappa shape index (κ1) is 11.2. The summed E-state index contributed by atoms with van der Waals surface area (Å²) in [6, 6.07) is 1.80. The van der Waals surface area contributed by atoms with E-state index in [4.69, 9.17) is 23.2 Å². The Balaban J connectivity index is 2.45. The van der Waals surface area contributed by atoms with Gasteiger partial charge in [-0.25, -0.2) is 9.67 Å². The van der Waals surface area contributed by atoms with Gasteiger partial charge in [0.1, 0.15) is 0 Å². The quantitative estimate of drug-likeness (QED) is 0.612. The van der Waals surface area contributed by atoms with E-state index in [2.05, 4.69) is 32.7 Å². The number of hydrogen-bond donors (Lipinski definition) is 0. The van der Waals surface area contributed by atoms with Gasteiger partial charge in [-0.2, -0.15) is 5.10 Å². The van der Waals surface area contributed by atoms with E-state index in [1.165, 1.54) is 0 Å². The van der Waals surface area contributed by atoms with Crippen molar-refractivity contribution >= 4 is 45.8 Å². The average molecular weight is 354 g/mol. The molecule has 0 aliphatic heterocycles. The van der Waals surface area contributed by atoms with E-state index in [1.54, 1.807) is 23.1 Å². The lowest BCUT2D eigenvalue weighted by Gasteiger charge is -2.03. The Kier molecular flexibility index (Phi) is 3.48. The second-order valence-corrected chi connectivity index (χ2v) is 4.81. The van der Waals surface area contributed by atoms with Gasteiger partial charge < -0.3 is 0 Å². The summed E-state index contributed by atoms with van der Waals surface area (Å²) < 4.78 is 2.68. The summed E-state index contributed by atoms with van der Waals surface area (Å²) in [5.41, 5.74) is 0.896. The van der Waals surface area contributed by atoms with Crippen LogP contribution in [0.1, 0.15) is 5.56 Å². The molecule has 0 bridgehead atoms. The minimum Gasteiger partial charge on any atom is -0.235 e. The summed E-state index contributed by atoms with van der Waals surface area (Å²) in [5, 5.41) is 4.68. The van der Waals surface area contributed by atoms with Crippen molar-refractivity contribution in [2.24, 2.45) is 0 Å². The number of nitrogens with zero attached hydrogens (tertiary/aromatic N) is 3. The zero-order chi connectivity index (χ0) is 10.8. The molecular weight excluding hydrogens is 348 g/mol. The fourth-order valence-corrected chi connectivity index (χ4v) is 1.94. The Hall–Kier alpha value is -0.330. The highest BCUT2D eigenvalue weighted by Gasteiger charge is 2.06. The van der Waals surface area contributed by atoms with Gasteiger partial charge in [-0.3, -0.25) is 0 Å². The van der Waals surface area contributed by atoms with Crippen molar-refractivity contribution in [1.29, 1.82) is 0 Å². The molecule has 0 saturated carbocycles. The Morgan fingerprint density at radius 1 is 1.40 bits per heavy atom. The Bertz CT molecular complexity index is 484. The molecule has 0 radical (unpaired) electrons. The van der Waals surface area contributed by atoms with Crippen molar-refractivity contribution in [3.8, 4) is 5.82 Å². The molecule has 2 heterocycles. The van der Waals surface area contributed by atoms with Gasteiger partial charge in [0.05, 0.1) is 14.8 Å². The van der Waals surface area contributed by atoms with Crippen LogP contribution in [0.5, 0.6) is 0 Å². The molecule has 78 valence electrons. The first-order valence-corrected chi connectivity index (χ1v) is 6.11. The molecule has 0 spiro atoms. The van der Waals surface area contributed by atoms with Crippen LogP contribution in [0, 0.1) is 3.57 Å². The third-order valence-electron chi connectivity index (χ3n) is 1.80. The van der Waals surface area contributed by atoms with Crippen molar-refractivity contribution < 1.29 is 0 Å². The smallest absolute Gasteiger partial charge is 0.172 e. The molecule has 15 heavy (non-hydrogen) atoms. The van der Waals surface area contributed by atoms with Gasteiger partial charge >= 0.3 is 0 Å². The van der Waals surface area contributed by atoms with E-state index in [1.807, 2.05) is 6.20 Å². The fourth-order valence-electron chi connectivity index (χ4n) is 1.13. The number of hydrogen-bond acceptors (Lipinski definition) is 2. The van der Waals surface area contributed by atoms with E-state index in [0.29, 0.717) is 16.7 Å². The number of halogens is 3. The van der Waals surface area contributed by atoms with Crippen LogP contribution in [-0.4, -0.2) is 14.8 Å². The van der Waals surface area contributed by atoms with Crippen LogP contribution < -0.4 is 0 Å². The molecule has 0 aromatic carbocycles. The van der Waals surface area contributed by atoms with Crippen molar-refractivity contribution in [3.05, 3.63) is 38.8 Å². The molecule has 0 amide bonds. The summed E-state index contributed by atoms with van der Waals surface area (Å²) >= 11 is 13.9. The summed E-state index contributed by atoms with van der Waals surface area (Å²) in [6.07, 6.45) is 5.30. The van der Waals surface area contributed by atoms with E-state index in [0.717, 1.165) is 9.13 Å². The van der Waals surface area contributed by atoms with Crippen LogP contribution in [0.2, 0.25) is 5.02 Å². The standard InChI is InChI=1S/C9H6Cl2IN3/c10-2-6-1-8(11)9(13-3-6)15-5-7(12)4-14-15/h1,3-5H,2H2. The summed E-state index contributed by atoms with van der Waals surface area (Å²) in [6.45, 7) is 0. The highest BCUT2D eigenvalue weighted by Crippen LogP contribution is 2.20. The predicted octanol–water partition coefficient (Wildman–Crippen LogP) is 3.26. The van der Waals surface area contributed by atoms with Crippen LogP contribution >= 0.6 is 45.8 Å².